The van der Waals surface area contributed by atoms with Crippen LogP contribution in [0, 0.1) is 5.92 Å². The maximum absolute atomic E-state index is 5.92. The molecule has 4 nitrogen and oxygen atoms in total. The summed E-state index contributed by atoms with van der Waals surface area (Å²) in [6.45, 7) is 3.44. The Kier molecular flexibility index (Phi) is 3.83. The quantitative estimate of drug-likeness (QED) is 0.804. The highest BCUT2D eigenvalue weighted by molar-refractivity contribution is 6.21. The molecule has 5 heteroatoms. The van der Waals surface area contributed by atoms with Crippen LogP contribution in [0.5, 0.6) is 5.88 Å². The molecule has 0 aromatic carbocycles. The van der Waals surface area contributed by atoms with Crippen LogP contribution in [0.1, 0.15) is 19.8 Å². The number of alkyl halides is 1. The van der Waals surface area contributed by atoms with Crippen LogP contribution in [0.15, 0.2) is 12.4 Å². The van der Waals surface area contributed by atoms with E-state index in [1.165, 1.54) is 0 Å². The summed E-state index contributed by atoms with van der Waals surface area (Å²) in [6, 6.07) is 0. The van der Waals surface area contributed by atoms with Gasteiger partial charge >= 0.3 is 0 Å². The molecule has 0 radical (unpaired) electrons. The molecule has 0 saturated heterocycles. The van der Waals surface area contributed by atoms with E-state index in [1.54, 1.807) is 12.4 Å². The zero-order chi connectivity index (χ0) is 11.4. The minimum Gasteiger partial charge on any atom is -0.477 e. The summed E-state index contributed by atoms with van der Waals surface area (Å²) < 4.78 is 5.28. The Bertz CT molecular complexity index is 342. The van der Waals surface area contributed by atoms with Crippen LogP contribution in [-0.4, -0.2) is 28.5 Å². The largest absolute Gasteiger partial charge is 0.477 e. The molecule has 1 saturated carbocycles. The average molecular weight is 242 g/mol. The first-order valence-electron chi connectivity index (χ1n) is 5.60. The second-order valence-electron chi connectivity index (χ2n) is 3.99. The molecule has 1 aromatic rings. The van der Waals surface area contributed by atoms with Crippen molar-refractivity contribution in [3.05, 3.63) is 12.4 Å². The number of ether oxygens (including phenoxy) is 1. The summed E-state index contributed by atoms with van der Waals surface area (Å²) in [5.74, 6) is 2.00. The number of hydrogen-bond donors (Lipinski definition) is 1. The van der Waals surface area contributed by atoms with Gasteiger partial charge in [-0.2, -0.15) is 4.98 Å². The fraction of sp³-hybridized carbons (Fsp3) is 0.636. The van der Waals surface area contributed by atoms with Crippen LogP contribution in [0.4, 0.5) is 5.82 Å². The van der Waals surface area contributed by atoms with Crippen molar-refractivity contribution in [2.45, 2.75) is 25.1 Å². The highest BCUT2D eigenvalue weighted by Gasteiger charge is 2.26. The third-order valence-electron chi connectivity index (χ3n) is 2.65. The van der Waals surface area contributed by atoms with Crippen molar-refractivity contribution in [3.63, 3.8) is 0 Å². The Morgan fingerprint density at radius 3 is 3.00 bits per heavy atom. The van der Waals surface area contributed by atoms with Crippen LogP contribution in [0.2, 0.25) is 0 Å². The Morgan fingerprint density at radius 1 is 1.50 bits per heavy atom. The van der Waals surface area contributed by atoms with Gasteiger partial charge in [-0.25, -0.2) is 0 Å². The molecule has 1 aromatic heterocycles. The molecule has 1 heterocycles. The number of halogens is 1. The molecular formula is C11H16ClN3O. The van der Waals surface area contributed by atoms with Gasteiger partial charge in [-0.05, 0) is 25.7 Å². The van der Waals surface area contributed by atoms with E-state index in [0.29, 0.717) is 23.8 Å². The molecule has 2 rings (SSSR count). The lowest BCUT2D eigenvalue weighted by molar-refractivity contribution is 0.324. The molecule has 0 spiro atoms. The first-order valence-corrected chi connectivity index (χ1v) is 6.04. The number of nitrogens with one attached hydrogen (secondary N) is 1. The molecule has 0 bridgehead atoms. The Hall–Kier alpha value is -1.03. The van der Waals surface area contributed by atoms with E-state index in [1.807, 2.05) is 6.92 Å². The highest BCUT2D eigenvalue weighted by atomic mass is 35.5. The van der Waals surface area contributed by atoms with Gasteiger partial charge in [0.25, 0.3) is 0 Å². The molecule has 1 aliphatic rings. The summed E-state index contributed by atoms with van der Waals surface area (Å²) in [4.78, 5) is 8.35. The fourth-order valence-electron chi connectivity index (χ4n) is 1.72. The summed E-state index contributed by atoms with van der Waals surface area (Å²) in [6.07, 6.45) is 5.51. The maximum Gasteiger partial charge on any atom is 0.234 e. The lowest BCUT2D eigenvalue weighted by Crippen LogP contribution is -2.30. The minimum atomic E-state index is 0.368. The van der Waals surface area contributed by atoms with E-state index >= 15 is 0 Å². The molecule has 1 N–H and O–H groups in total. The second-order valence-corrected chi connectivity index (χ2v) is 4.61. The van der Waals surface area contributed by atoms with Gasteiger partial charge in [0.2, 0.25) is 5.88 Å². The summed E-state index contributed by atoms with van der Waals surface area (Å²) in [5, 5.41) is 3.62. The SMILES string of the molecule is CCOc1cncc(NCC2CC(Cl)C2)n1. The Labute approximate surface area is 100 Å². The molecule has 0 atom stereocenters. The molecule has 16 heavy (non-hydrogen) atoms. The van der Waals surface area contributed by atoms with E-state index in [2.05, 4.69) is 15.3 Å². The normalized spacial score (nSPS) is 23.6. The van der Waals surface area contributed by atoms with Crippen molar-refractivity contribution in [1.29, 1.82) is 0 Å². The lowest BCUT2D eigenvalue weighted by atomic mass is 9.85. The van der Waals surface area contributed by atoms with Crippen molar-refractivity contribution in [3.8, 4) is 5.88 Å². The van der Waals surface area contributed by atoms with E-state index in [0.717, 1.165) is 25.2 Å². The minimum absolute atomic E-state index is 0.368. The number of nitrogens with zero attached hydrogens (tertiary/aromatic N) is 2. The molecule has 0 amide bonds. The van der Waals surface area contributed by atoms with Crippen LogP contribution < -0.4 is 10.1 Å². The molecule has 0 aliphatic heterocycles. The fourth-order valence-corrected chi connectivity index (χ4v) is 2.22. The van der Waals surface area contributed by atoms with Gasteiger partial charge in [0.05, 0.1) is 19.0 Å². The predicted molar refractivity (Wildman–Crippen MR) is 64.1 cm³/mol. The first-order chi connectivity index (χ1) is 7.78. The molecule has 1 aliphatic carbocycles. The topological polar surface area (TPSA) is 47.0 Å². The van der Waals surface area contributed by atoms with E-state index in [9.17, 15) is 0 Å². The second kappa shape index (κ2) is 5.34. The molecule has 1 fully saturated rings. The van der Waals surface area contributed by atoms with Crippen LogP contribution in [-0.2, 0) is 0 Å². The smallest absolute Gasteiger partial charge is 0.234 e. The van der Waals surface area contributed by atoms with Gasteiger partial charge in [-0.1, -0.05) is 0 Å². The lowest BCUT2D eigenvalue weighted by Gasteiger charge is -2.30. The van der Waals surface area contributed by atoms with Gasteiger partial charge in [-0.3, -0.25) is 4.98 Å². The van der Waals surface area contributed by atoms with Crippen LogP contribution in [0.3, 0.4) is 0 Å². The maximum atomic E-state index is 5.92. The van der Waals surface area contributed by atoms with Gasteiger partial charge in [0, 0.05) is 11.9 Å². The number of anilines is 1. The summed E-state index contributed by atoms with van der Waals surface area (Å²) in [5.41, 5.74) is 0. The average Bonchev–Trinajstić information content (AvgIpc) is 2.24. The molecule has 88 valence electrons. The summed E-state index contributed by atoms with van der Waals surface area (Å²) >= 11 is 5.92. The number of rotatable bonds is 5. The number of aromatic nitrogens is 2. The third kappa shape index (κ3) is 2.98. The highest BCUT2D eigenvalue weighted by Crippen LogP contribution is 2.31. The monoisotopic (exact) mass is 241 g/mol. The van der Waals surface area contributed by atoms with Gasteiger partial charge in [0.1, 0.15) is 5.82 Å². The molecule has 0 unspecified atom stereocenters. The van der Waals surface area contributed by atoms with Crippen LogP contribution >= 0.6 is 11.6 Å². The van der Waals surface area contributed by atoms with E-state index in [-0.39, 0.29) is 0 Å². The Morgan fingerprint density at radius 2 is 2.31 bits per heavy atom. The van der Waals surface area contributed by atoms with Gasteiger partial charge in [0.15, 0.2) is 0 Å². The van der Waals surface area contributed by atoms with Gasteiger partial charge in [-0.15, -0.1) is 11.6 Å². The van der Waals surface area contributed by atoms with Gasteiger partial charge < -0.3 is 10.1 Å². The predicted octanol–water partition coefficient (Wildman–Crippen LogP) is 2.30. The van der Waals surface area contributed by atoms with Crippen molar-refractivity contribution >= 4 is 17.4 Å². The molecular weight excluding hydrogens is 226 g/mol. The number of hydrogen-bond acceptors (Lipinski definition) is 4. The van der Waals surface area contributed by atoms with Crippen molar-refractivity contribution in [1.82, 2.24) is 9.97 Å². The first kappa shape index (κ1) is 11.5. The zero-order valence-corrected chi connectivity index (χ0v) is 10.1. The van der Waals surface area contributed by atoms with E-state index in [4.69, 9.17) is 16.3 Å². The zero-order valence-electron chi connectivity index (χ0n) is 9.32. The van der Waals surface area contributed by atoms with Crippen molar-refractivity contribution < 1.29 is 4.74 Å². The summed E-state index contributed by atoms with van der Waals surface area (Å²) in [7, 11) is 0. The van der Waals surface area contributed by atoms with Crippen LogP contribution in [0.25, 0.3) is 0 Å². The Balaban J connectivity index is 1.81. The van der Waals surface area contributed by atoms with Crippen molar-refractivity contribution in [2.75, 3.05) is 18.5 Å². The van der Waals surface area contributed by atoms with E-state index < -0.39 is 0 Å². The standard InChI is InChI=1S/C11H16ClN3O/c1-2-16-11-7-13-6-10(15-11)14-5-8-3-9(12)4-8/h6-9H,2-5H2,1H3,(H,14,15). The van der Waals surface area contributed by atoms with Crippen molar-refractivity contribution in [2.24, 2.45) is 5.92 Å². The third-order valence-corrected chi connectivity index (χ3v) is 3.01.